The average molecular weight is 320 g/mol. The smallest absolute Gasteiger partial charge is 0.330 e. The summed E-state index contributed by atoms with van der Waals surface area (Å²) in [5, 5.41) is 15.7. The van der Waals surface area contributed by atoms with Crippen molar-refractivity contribution >= 4 is 29.5 Å². The molecule has 2 rings (SSSR count). The summed E-state index contributed by atoms with van der Waals surface area (Å²) >= 11 is 1.15. The predicted octanol–water partition coefficient (Wildman–Crippen LogP) is 2.06. The molecular weight excluding hydrogens is 308 g/mol. The van der Waals surface area contributed by atoms with Crippen molar-refractivity contribution in [3.63, 3.8) is 0 Å². The lowest BCUT2D eigenvalue weighted by molar-refractivity contribution is -0.387. The van der Waals surface area contributed by atoms with E-state index in [9.17, 15) is 14.9 Å². The van der Waals surface area contributed by atoms with Gasteiger partial charge in [-0.25, -0.2) is 14.5 Å². The molecule has 0 bridgehead atoms. The minimum absolute atomic E-state index is 0.0694. The number of hydrogen-bond acceptors (Lipinski definition) is 7. The third kappa shape index (κ3) is 3.70. The number of hydrogen-bond donors (Lipinski definition) is 0. The summed E-state index contributed by atoms with van der Waals surface area (Å²) in [5.41, 5.74) is 0.458. The summed E-state index contributed by atoms with van der Waals surface area (Å²) in [6.07, 6.45) is 4.03. The van der Waals surface area contributed by atoms with Crippen molar-refractivity contribution in [1.29, 1.82) is 0 Å². The Morgan fingerprint density at radius 2 is 2.27 bits per heavy atom. The molecule has 0 atom stereocenters. The highest BCUT2D eigenvalue weighted by Crippen LogP contribution is 2.34. The van der Waals surface area contributed by atoms with Crippen LogP contribution in [0.15, 0.2) is 40.7 Å². The average Bonchev–Trinajstić information content (AvgIpc) is 2.90. The number of esters is 1. The van der Waals surface area contributed by atoms with Crippen LogP contribution >= 0.6 is 11.8 Å². The largest absolute Gasteiger partial charge is 0.466 e. The number of nitrogens with zero attached hydrogens (tertiary/aromatic N) is 4. The van der Waals surface area contributed by atoms with Crippen LogP contribution in [0.3, 0.4) is 0 Å². The lowest BCUT2D eigenvalue weighted by atomic mass is 10.2. The molecule has 1 heterocycles. The number of aryl methyl sites for hydroxylation is 1. The first-order chi connectivity index (χ1) is 10.5. The Morgan fingerprint density at radius 3 is 2.86 bits per heavy atom. The van der Waals surface area contributed by atoms with E-state index in [0.717, 1.165) is 11.8 Å². The second-order valence-corrected chi connectivity index (χ2v) is 5.12. The molecule has 0 aliphatic rings. The summed E-state index contributed by atoms with van der Waals surface area (Å²) < 4.78 is 6.00. The molecule has 0 aliphatic heterocycles. The van der Waals surface area contributed by atoms with E-state index in [2.05, 4.69) is 14.8 Å². The van der Waals surface area contributed by atoms with E-state index < -0.39 is 10.9 Å². The van der Waals surface area contributed by atoms with Crippen LogP contribution in [0, 0.1) is 10.1 Å². The van der Waals surface area contributed by atoms with Crippen molar-refractivity contribution in [3.8, 4) is 0 Å². The molecular formula is C13H12N4O4S. The van der Waals surface area contributed by atoms with Gasteiger partial charge in [-0.3, -0.25) is 10.1 Å². The summed E-state index contributed by atoms with van der Waals surface area (Å²) in [7, 11) is 2.96. The van der Waals surface area contributed by atoms with Crippen molar-refractivity contribution in [3.05, 3.63) is 46.3 Å². The maximum atomic E-state index is 11.2. The Morgan fingerprint density at radius 1 is 1.50 bits per heavy atom. The molecule has 0 aliphatic carbocycles. The Balaban J connectivity index is 2.32. The van der Waals surface area contributed by atoms with Crippen LogP contribution in [0.25, 0.3) is 6.08 Å². The Bertz CT molecular complexity index is 741. The number of rotatable bonds is 5. The zero-order chi connectivity index (χ0) is 16.1. The minimum Gasteiger partial charge on any atom is -0.466 e. The Labute approximate surface area is 130 Å². The monoisotopic (exact) mass is 320 g/mol. The summed E-state index contributed by atoms with van der Waals surface area (Å²) in [6, 6.07) is 4.66. The first-order valence-electron chi connectivity index (χ1n) is 6.07. The summed E-state index contributed by atoms with van der Waals surface area (Å²) in [4.78, 5) is 26.3. The van der Waals surface area contributed by atoms with Gasteiger partial charge in [-0.1, -0.05) is 6.07 Å². The number of benzene rings is 1. The van der Waals surface area contributed by atoms with Crippen molar-refractivity contribution in [2.24, 2.45) is 7.05 Å². The van der Waals surface area contributed by atoms with Gasteiger partial charge in [0, 0.05) is 19.2 Å². The standard InChI is InChI=1S/C13H12N4O4S/c1-16-13(14-8-15-16)22-11-5-3-9(4-6-12(18)21-2)7-10(11)17(19)20/h3-8H,1-2H3/b6-4+. The number of nitro groups is 1. The lowest BCUT2D eigenvalue weighted by Gasteiger charge is -2.03. The van der Waals surface area contributed by atoms with E-state index in [4.69, 9.17) is 0 Å². The van der Waals surface area contributed by atoms with Crippen molar-refractivity contribution in [2.45, 2.75) is 10.1 Å². The van der Waals surface area contributed by atoms with Gasteiger partial charge in [-0.2, -0.15) is 5.10 Å². The van der Waals surface area contributed by atoms with Crippen LogP contribution in [0.4, 0.5) is 5.69 Å². The van der Waals surface area contributed by atoms with Crippen LogP contribution in [-0.2, 0) is 16.6 Å². The van der Waals surface area contributed by atoms with Gasteiger partial charge in [0.05, 0.1) is 16.9 Å². The SMILES string of the molecule is COC(=O)/C=C/c1ccc(Sc2ncnn2C)c([N+](=O)[O-])c1. The highest BCUT2D eigenvalue weighted by molar-refractivity contribution is 7.99. The highest BCUT2D eigenvalue weighted by atomic mass is 32.2. The fourth-order valence-corrected chi connectivity index (χ4v) is 2.43. The number of nitro benzene ring substituents is 1. The summed E-state index contributed by atoms with van der Waals surface area (Å²) in [6.45, 7) is 0. The van der Waals surface area contributed by atoms with E-state index in [-0.39, 0.29) is 5.69 Å². The number of aromatic nitrogens is 3. The number of methoxy groups -OCH3 is 1. The van der Waals surface area contributed by atoms with Crippen molar-refractivity contribution in [1.82, 2.24) is 14.8 Å². The topological polar surface area (TPSA) is 100 Å². The van der Waals surface area contributed by atoms with Crippen LogP contribution in [-0.4, -0.2) is 32.8 Å². The summed E-state index contributed by atoms with van der Waals surface area (Å²) in [5.74, 6) is -0.528. The molecule has 0 radical (unpaired) electrons. The Hall–Kier alpha value is -2.68. The molecule has 0 unspecified atom stereocenters. The first-order valence-corrected chi connectivity index (χ1v) is 6.89. The second kappa shape index (κ2) is 6.85. The minimum atomic E-state index is -0.528. The fraction of sp³-hybridized carbons (Fsp3) is 0.154. The molecule has 2 aromatic rings. The normalized spacial score (nSPS) is 10.8. The van der Waals surface area contributed by atoms with Crippen molar-refractivity contribution < 1.29 is 14.5 Å². The second-order valence-electron chi connectivity index (χ2n) is 4.11. The van der Waals surface area contributed by atoms with Crippen LogP contribution in [0.2, 0.25) is 0 Å². The van der Waals surface area contributed by atoms with Gasteiger partial charge in [0.2, 0.25) is 0 Å². The Kier molecular flexibility index (Phi) is 4.89. The molecule has 0 spiro atoms. The van der Waals surface area contributed by atoms with E-state index in [0.29, 0.717) is 15.6 Å². The number of carbonyl (C=O) groups excluding carboxylic acids is 1. The van der Waals surface area contributed by atoms with E-state index in [1.165, 1.54) is 36.3 Å². The molecule has 22 heavy (non-hydrogen) atoms. The quantitative estimate of drug-likeness (QED) is 0.360. The maximum Gasteiger partial charge on any atom is 0.330 e. The van der Waals surface area contributed by atoms with Gasteiger partial charge in [-0.05, 0) is 29.5 Å². The van der Waals surface area contributed by atoms with Gasteiger partial charge in [0.15, 0.2) is 5.16 Å². The molecule has 0 saturated heterocycles. The van der Waals surface area contributed by atoms with E-state index in [1.54, 1.807) is 19.2 Å². The van der Waals surface area contributed by atoms with Crippen LogP contribution in [0.5, 0.6) is 0 Å². The third-order valence-electron chi connectivity index (χ3n) is 2.66. The van der Waals surface area contributed by atoms with Gasteiger partial charge in [0.1, 0.15) is 6.33 Å². The van der Waals surface area contributed by atoms with Gasteiger partial charge in [-0.15, -0.1) is 0 Å². The fourth-order valence-electron chi connectivity index (χ4n) is 1.58. The molecule has 0 amide bonds. The zero-order valence-corrected chi connectivity index (χ0v) is 12.6. The first kappa shape index (κ1) is 15.7. The zero-order valence-electron chi connectivity index (χ0n) is 11.8. The van der Waals surface area contributed by atoms with E-state index >= 15 is 0 Å². The van der Waals surface area contributed by atoms with Crippen LogP contribution in [0.1, 0.15) is 5.56 Å². The molecule has 9 heteroatoms. The van der Waals surface area contributed by atoms with Crippen LogP contribution < -0.4 is 0 Å². The lowest BCUT2D eigenvalue weighted by Crippen LogP contribution is -1.96. The number of ether oxygens (including phenoxy) is 1. The van der Waals surface area contributed by atoms with Gasteiger partial charge in [0.25, 0.3) is 5.69 Å². The molecule has 1 aromatic carbocycles. The predicted molar refractivity (Wildman–Crippen MR) is 79.3 cm³/mol. The van der Waals surface area contributed by atoms with Gasteiger partial charge < -0.3 is 4.74 Å². The molecule has 1 aromatic heterocycles. The molecule has 114 valence electrons. The molecule has 0 fully saturated rings. The molecule has 0 saturated carbocycles. The third-order valence-corrected chi connectivity index (χ3v) is 3.78. The van der Waals surface area contributed by atoms with E-state index in [1.807, 2.05) is 0 Å². The van der Waals surface area contributed by atoms with Gasteiger partial charge >= 0.3 is 5.97 Å². The van der Waals surface area contributed by atoms with Crippen molar-refractivity contribution in [2.75, 3.05) is 7.11 Å². The molecule has 8 nitrogen and oxygen atoms in total. The molecule has 0 N–H and O–H groups in total. The maximum absolute atomic E-state index is 11.2. The number of carbonyl (C=O) groups is 1. The highest BCUT2D eigenvalue weighted by Gasteiger charge is 2.17.